The molecule has 4 aliphatic rings. The van der Waals surface area contributed by atoms with Gasteiger partial charge in [-0.2, -0.15) is 0 Å². The molecule has 3 heterocycles. The van der Waals surface area contributed by atoms with E-state index in [1.165, 1.54) is 4.90 Å². The molecule has 1 aromatic carbocycles. The molecular formula is C31H40N4O7. The van der Waals surface area contributed by atoms with Crippen molar-refractivity contribution in [3.8, 4) is 0 Å². The Kier molecular flexibility index (Phi) is 8.15. The summed E-state index contributed by atoms with van der Waals surface area (Å²) < 4.78 is 11.1. The molecular weight excluding hydrogens is 540 g/mol. The van der Waals surface area contributed by atoms with Crippen LogP contribution in [0, 0.1) is 10.8 Å². The second-order valence-electron chi connectivity index (χ2n) is 13.0. The van der Waals surface area contributed by atoms with Crippen molar-refractivity contribution in [2.75, 3.05) is 30.4 Å². The number of allylic oxidation sites excluding steroid dienone is 1. The number of nitrogens with one attached hydrogen (secondary N) is 3. The van der Waals surface area contributed by atoms with Crippen LogP contribution in [0.1, 0.15) is 65.7 Å². The Morgan fingerprint density at radius 1 is 1.02 bits per heavy atom. The Morgan fingerprint density at radius 3 is 2.38 bits per heavy atom. The average Bonchev–Trinajstić information content (AvgIpc) is 3.40. The summed E-state index contributed by atoms with van der Waals surface area (Å²) in [5.74, 6) is -2.41. The van der Waals surface area contributed by atoms with Crippen molar-refractivity contribution in [2.24, 2.45) is 10.8 Å². The molecule has 3 atom stereocenters. The van der Waals surface area contributed by atoms with E-state index in [0.717, 1.165) is 12.8 Å². The van der Waals surface area contributed by atoms with Gasteiger partial charge in [-0.15, -0.1) is 0 Å². The van der Waals surface area contributed by atoms with Crippen LogP contribution >= 0.6 is 0 Å². The third kappa shape index (κ3) is 6.21. The Bertz CT molecular complexity index is 1300. The van der Waals surface area contributed by atoms with Gasteiger partial charge in [0, 0.05) is 23.8 Å². The van der Waals surface area contributed by atoms with E-state index in [2.05, 4.69) is 16.0 Å². The molecule has 0 radical (unpaired) electrons. The lowest BCUT2D eigenvalue weighted by molar-refractivity contribution is -0.137. The number of para-hydroxylation sites is 2. The number of hydrogen-bond donors (Lipinski definition) is 3. The number of carbonyl (C=O) groups excluding carboxylic acids is 5. The highest BCUT2D eigenvalue weighted by Gasteiger charge is 2.75. The molecule has 0 unspecified atom stereocenters. The number of amides is 4. The van der Waals surface area contributed by atoms with Crippen molar-refractivity contribution in [3.63, 3.8) is 0 Å². The lowest BCUT2D eigenvalue weighted by atomic mass is 9.88. The van der Waals surface area contributed by atoms with Crippen LogP contribution in [0.2, 0.25) is 0 Å². The maximum Gasteiger partial charge on any atom is 0.410 e. The van der Waals surface area contributed by atoms with Crippen molar-refractivity contribution in [3.05, 3.63) is 36.4 Å². The Morgan fingerprint density at radius 2 is 1.74 bits per heavy atom. The number of Topliss-reactive ketones (excluding diaryl/α,β-unsaturated/α-hetero) is 1. The van der Waals surface area contributed by atoms with Crippen molar-refractivity contribution in [2.45, 2.75) is 83.4 Å². The second-order valence-corrected chi connectivity index (χ2v) is 13.0. The average molecular weight is 581 g/mol. The van der Waals surface area contributed by atoms with Gasteiger partial charge in [-0.25, -0.2) is 4.79 Å². The first-order chi connectivity index (χ1) is 19.9. The summed E-state index contributed by atoms with van der Waals surface area (Å²) in [5.41, 5.74) is -0.309. The first-order valence-corrected chi connectivity index (χ1v) is 14.7. The summed E-state index contributed by atoms with van der Waals surface area (Å²) >= 11 is 0. The summed E-state index contributed by atoms with van der Waals surface area (Å²) in [5, 5.41) is 8.18. The topological polar surface area (TPSA) is 143 Å². The number of benzene rings is 1. The monoisotopic (exact) mass is 580 g/mol. The van der Waals surface area contributed by atoms with Gasteiger partial charge in [0.15, 0.2) is 0 Å². The van der Waals surface area contributed by atoms with Gasteiger partial charge in [0.05, 0.1) is 24.6 Å². The first-order valence-electron chi connectivity index (χ1n) is 14.7. The number of carbonyl (C=O) groups is 5. The van der Waals surface area contributed by atoms with E-state index in [4.69, 9.17) is 9.47 Å². The predicted molar refractivity (Wildman–Crippen MR) is 155 cm³/mol. The highest BCUT2D eigenvalue weighted by molar-refractivity contribution is 6.43. The normalized spacial score (nSPS) is 28.5. The van der Waals surface area contributed by atoms with Gasteiger partial charge >= 0.3 is 6.09 Å². The van der Waals surface area contributed by atoms with Gasteiger partial charge in [-0.05, 0) is 71.4 Å². The fourth-order valence-corrected chi connectivity index (χ4v) is 6.25. The smallest absolute Gasteiger partial charge is 0.410 e. The lowest BCUT2D eigenvalue weighted by Crippen LogP contribution is -2.53. The van der Waals surface area contributed by atoms with Crippen LogP contribution in [0.15, 0.2) is 36.4 Å². The minimum absolute atomic E-state index is 0.0212. The molecule has 1 saturated carbocycles. The van der Waals surface area contributed by atoms with Gasteiger partial charge < -0.3 is 25.4 Å². The summed E-state index contributed by atoms with van der Waals surface area (Å²) in [4.78, 5) is 67.4. The zero-order valence-corrected chi connectivity index (χ0v) is 24.5. The number of rotatable bonds is 2. The molecule has 3 N–H and O–H groups in total. The Hall–Kier alpha value is -3.73. The minimum Gasteiger partial charge on any atom is -0.444 e. The highest BCUT2D eigenvalue weighted by Crippen LogP contribution is 2.72. The fourth-order valence-electron chi connectivity index (χ4n) is 6.25. The summed E-state index contributed by atoms with van der Waals surface area (Å²) in [6.45, 7) is 6.91. The van der Waals surface area contributed by atoms with E-state index in [9.17, 15) is 24.0 Å². The summed E-state index contributed by atoms with van der Waals surface area (Å²) in [7, 11) is 0. The lowest BCUT2D eigenvalue weighted by Gasteiger charge is -2.31. The molecule has 11 heteroatoms. The third-order valence-corrected chi connectivity index (χ3v) is 8.67. The number of ketones is 1. The number of nitrogens with zero attached hydrogens (tertiary/aromatic N) is 1. The van der Waals surface area contributed by atoms with Crippen molar-refractivity contribution < 1.29 is 33.4 Å². The van der Waals surface area contributed by atoms with Crippen LogP contribution in [0.25, 0.3) is 0 Å². The van der Waals surface area contributed by atoms with E-state index in [1.807, 2.05) is 6.08 Å². The first kappa shape index (κ1) is 29.8. The zero-order chi connectivity index (χ0) is 30.1. The summed E-state index contributed by atoms with van der Waals surface area (Å²) in [6.07, 6.45) is 6.97. The number of hydrogen-bond acceptors (Lipinski definition) is 7. The fraction of sp³-hybridized carbons (Fsp3) is 0.581. The Balaban J connectivity index is 1.35. The van der Waals surface area contributed by atoms with E-state index in [-0.39, 0.29) is 28.8 Å². The van der Waals surface area contributed by atoms with Gasteiger partial charge in [0.25, 0.3) is 5.91 Å². The number of ether oxygens (including phenoxy) is 2. The van der Waals surface area contributed by atoms with Crippen LogP contribution in [0.3, 0.4) is 0 Å². The number of anilines is 2. The largest absolute Gasteiger partial charge is 0.444 e. The molecule has 42 heavy (non-hydrogen) atoms. The molecule has 4 amide bonds. The maximum absolute atomic E-state index is 13.8. The molecule has 1 aliphatic carbocycles. The van der Waals surface area contributed by atoms with E-state index in [0.29, 0.717) is 51.1 Å². The number of fused-ring (bicyclic) bond motifs is 2. The van der Waals surface area contributed by atoms with Gasteiger partial charge in [-0.1, -0.05) is 24.3 Å². The van der Waals surface area contributed by atoms with Gasteiger partial charge in [0.2, 0.25) is 17.6 Å². The molecule has 0 bridgehead atoms. The SMILES string of the molecule is CC(C)(C)OC(=O)N1C[C@]2(C[C@H]1C(=O)N[C@@H]1C/C=C/CCCCC(=O)Nc3ccccc3NC(=O)C1=O)CC21COC1. The van der Waals surface area contributed by atoms with Crippen LogP contribution in [-0.4, -0.2) is 71.9 Å². The molecule has 5 rings (SSSR count). The van der Waals surface area contributed by atoms with Crippen molar-refractivity contribution >= 4 is 41.0 Å². The molecule has 2 spiro atoms. The molecule has 226 valence electrons. The molecule has 11 nitrogen and oxygen atoms in total. The van der Waals surface area contributed by atoms with Crippen molar-refractivity contribution in [1.29, 1.82) is 0 Å². The maximum atomic E-state index is 13.8. The summed E-state index contributed by atoms with van der Waals surface area (Å²) in [6, 6.07) is 4.67. The molecule has 0 aromatic heterocycles. The van der Waals surface area contributed by atoms with Crippen LogP contribution in [0.5, 0.6) is 0 Å². The van der Waals surface area contributed by atoms with Gasteiger partial charge in [-0.3, -0.25) is 24.1 Å². The standard InChI is InChI=1S/C31H40N4O7/c1-29(2,3)42-28(40)35-17-30(16-31(30)18-41-19-31)15-23(35)26(38)34-22-13-7-5-4-6-8-14-24(36)32-20-11-9-10-12-21(20)33-27(39)25(22)37/h5,7,9-12,22-23H,4,6,8,13-19H2,1-3H3,(H,32,36)(H,33,39)(H,34,38)/b7-5+/t22-,23+,30+/m1/s1. The minimum atomic E-state index is -1.14. The van der Waals surface area contributed by atoms with E-state index < -0.39 is 41.4 Å². The third-order valence-electron chi connectivity index (χ3n) is 8.67. The van der Waals surface area contributed by atoms with Gasteiger partial charge in [0.1, 0.15) is 17.7 Å². The quantitative estimate of drug-likeness (QED) is 0.359. The molecule has 3 aliphatic heterocycles. The van der Waals surface area contributed by atoms with E-state index in [1.54, 1.807) is 51.1 Å². The second kappa shape index (κ2) is 11.5. The van der Waals surface area contributed by atoms with Crippen LogP contribution in [0.4, 0.5) is 16.2 Å². The van der Waals surface area contributed by atoms with Crippen LogP contribution < -0.4 is 16.0 Å². The molecule has 3 fully saturated rings. The predicted octanol–water partition coefficient (Wildman–Crippen LogP) is 3.55. The molecule has 1 aromatic rings. The van der Waals surface area contributed by atoms with Crippen LogP contribution in [-0.2, 0) is 28.7 Å². The number of likely N-dealkylation sites (tertiary alicyclic amines) is 1. The highest BCUT2D eigenvalue weighted by atomic mass is 16.6. The Labute approximate surface area is 245 Å². The van der Waals surface area contributed by atoms with E-state index >= 15 is 0 Å². The van der Waals surface area contributed by atoms with Crippen molar-refractivity contribution in [1.82, 2.24) is 10.2 Å². The molecule has 2 saturated heterocycles. The zero-order valence-electron chi connectivity index (χ0n) is 24.5.